The normalized spacial score (nSPS) is 12.8. The predicted molar refractivity (Wildman–Crippen MR) is 97.2 cm³/mol. The van der Waals surface area contributed by atoms with E-state index in [4.69, 9.17) is 14.2 Å². The van der Waals surface area contributed by atoms with E-state index in [0.29, 0.717) is 18.8 Å². The Bertz CT molecular complexity index is 643. The Morgan fingerprint density at radius 1 is 1.00 bits per heavy atom. The number of hydrogen-bond acceptors (Lipinski definition) is 4. The molecule has 0 bridgehead atoms. The molecule has 1 amide bonds. The summed E-state index contributed by atoms with van der Waals surface area (Å²) in [6.45, 7) is 4.20. The standard InChI is InChI=1S/C20H25NO4/c1-4-19(25-18-8-6-5-7-9-18)20(22)21-15(2)14-24-17-12-10-16(23-3)11-13-17/h5-13,15,19H,4,14H2,1-3H3,(H,21,22). The Morgan fingerprint density at radius 2 is 1.64 bits per heavy atom. The van der Waals surface area contributed by atoms with Gasteiger partial charge in [0.05, 0.1) is 13.2 Å². The number of benzene rings is 2. The zero-order chi connectivity index (χ0) is 18.1. The zero-order valence-electron chi connectivity index (χ0n) is 14.9. The van der Waals surface area contributed by atoms with Gasteiger partial charge in [-0.25, -0.2) is 0 Å². The zero-order valence-corrected chi connectivity index (χ0v) is 14.9. The van der Waals surface area contributed by atoms with Crippen molar-refractivity contribution < 1.29 is 19.0 Å². The van der Waals surface area contributed by atoms with Gasteiger partial charge in [0.1, 0.15) is 23.9 Å². The highest BCUT2D eigenvalue weighted by atomic mass is 16.5. The molecule has 2 aromatic carbocycles. The number of methoxy groups -OCH3 is 1. The molecule has 0 fully saturated rings. The number of ether oxygens (including phenoxy) is 3. The van der Waals surface area contributed by atoms with Crippen LogP contribution in [0.1, 0.15) is 20.3 Å². The molecule has 0 aliphatic heterocycles. The van der Waals surface area contributed by atoms with Crippen molar-refractivity contribution in [2.24, 2.45) is 0 Å². The quantitative estimate of drug-likeness (QED) is 0.758. The van der Waals surface area contributed by atoms with Crippen LogP contribution in [0.5, 0.6) is 17.2 Å². The van der Waals surface area contributed by atoms with E-state index in [0.717, 1.165) is 11.5 Å². The monoisotopic (exact) mass is 343 g/mol. The van der Waals surface area contributed by atoms with Crippen LogP contribution < -0.4 is 19.5 Å². The van der Waals surface area contributed by atoms with Gasteiger partial charge in [0.15, 0.2) is 6.10 Å². The molecule has 0 aliphatic carbocycles. The minimum absolute atomic E-state index is 0.136. The number of hydrogen-bond donors (Lipinski definition) is 1. The van der Waals surface area contributed by atoms with Crippen molar-refractivity contribution in [2.45, 2.75) is 32.4 Å². The molecule has 0 saturated carbocycles. The second-order valence-electron chi connectivity index (χ2n) is 5.72. The summed E-state index contributed by atoms with van der Waals surface area (Å²) < 4.78 is 16.5. The van der Waals surface area contributed by atoms with E-state index in [1.807, 2.05) is 68.4 Å². The first kappa shape index (κ1) is 18.6. The molecule has 0 heterocycles. The largest absolute Gasteiger partial charge is 0.497 e. The minimum atomic E-state index is -0.522. The first-order valence-electron chi connectivity index (χ1n) is 8.41. The van der Waals surface area contributed by atoms with E-state index < -0.39 is 6.10 Å². The number of rotatable bonds is 9. The van der Waals surface area contributed by atoms with Crippen LogP contribution in [-0.4, -0.2) is 31.8 Å². The topological polar surface area (TPSA) is 56.8 Å². The van der Waals surface area contributed by atoms with Crippen LogP contribution in [0.2, 0.25) is 0 Å². The summed E-state index contributed by atoms with van der Waals surface area (Å²) in [5.41, 5.74) is 0. The lowest BCUT2D eigenvalue weighted by atomic mass is 10.2. The van der Waals surface area contributed by atoms with Gasteiger partial charge in [-0.2, -0.15) is 0 Å². The predicted octanol–water partition coefficient (Wildman–Crippen LogP) is 3.44. The second kappa shape index (κ2) is 9.57. The fourth-order valence-electron chi connectivity index (χ4n) is 2.26. The summed E-state index contributed by atoms with van der Waals surface area (Å²) in [7, 11) is 1.62. The van der Waals surface area contributed by atoms with Gasteiger partial charge in [0.2, 0.25) is 0 Å². The average molecular weight is 343 g/mol. The van der Waals surface area contributed by atoms with Crippen LogP contribution in [0.15, 0.2) is 54.6 Å². The van der Waals surface area contributed by atoms with Crippen molar-refractivity contribution in [2.75, 3.05) is 13.7 Å². The van der Waals surface area contributed by atoms with Gasteiger partial charge in [-0.05, 0) is 49.7 Å². The Hall–Kier alpha value is -2.69. The van der Waals surface area contributed by atoms with Gasteiger partial charge < -0.3 is 19.5 Å². The van der Waals surface area contributed by atoms with Crippen LogP contribution in [0, 0.1) is 0 Å². The van der Waals surface area contributed by atoms with Crippen LogP contribution in [0.3, 0.4) is 0 Å². The fraction of sp³-hybridized carbons (Fsp3) is 0.350. The van der Waals surface area contributed by atoms with E-state index in [-0.39, 0.29) is 11.9 Å². The van der Waals surface area contributed by atoms with Crippen molar-refractivity contribution in [3.05, 3.63) is 54.6 Å². The SMILES string of the molecule is CCC(Oc1ccccc1)C(=O)NC(C)COc1ccc(OC)cc1. The van der Waals surface area contributed by atoms with Gasteiger partial charge in [0.25, 0.3) is 5.91 Å². The Labute approximate surface area is 148 Å². The molecule has 0 aromatic heterocycles. The number of amides is 1. The molecule has 0 saturated heterocycles. The molecule has 1 N–H and O–H groups in total. The Balaban J connectivity index is 1.81. The maximum Gasteiger partial charge on any atom is 0.261 e. The number of carbonyl (C=O) groups is 1. The summed E-state index contributed by atoms with van der Waals surface area (Å²) in [4.78, 5) is 12.4. The van der Waals surface area contributed by atoms with Crippen molar-refractivity contribution in [3.8, 4) is 17.2 Å². The molecule has 0 spiro atoms. The molecule has 25 heavy (non-hydrogen) atoms. The van der Waals surface area contributed by atoms with E-state index in [1.54, 1.807) is 7.11 Å². The molecular formula is C20H25NO4. The first-order valence-corrected chi connectivity index (χ1v) is 8.41. The molecule has 5 heteroatoms. The second-order valence-corrected chi connectivity index (χ2v) is 5.72. The fourth-order valence-corrected chi connectivity index (χ4v) is 2.26. The highest BCUT2D eigenvalue weighted by Gasteiger charge is 2.20. The van der Waals surface area contributed by atoms with Gasteiger partial charge >= 0.3 is 0 Å². The Kier molecular flexibility index (Phi) is 7.14. The number of carbonyl (C=O) groups excluding carboxylic acids is 1. The van der Waals surface area contributed by atoms with Crippen LogP contribution >= 0.6 is 0 Å². The van der Waals surface area contributed by atoms with Crippen molar-refractivity contribution in [3.63, 3.8) is 0 Å². The Morgan fingerprint density at radius 3 is 2.24 bits per heavy atom. The van der Waals surface area contributed by atoms with E-state index >= 15 is 0 Å². The molecule has 2 unspecified atom stereocenters. The summed E-state index contributed by atoms with van der Waals surface area (Å²) in [5.74, 6) is 2.05. The van der Waals surface area contributed by atoms with E-state index in [2.05, 4.69) is 5.32 Å². The molecule has 2 atom stereocenters. The number of nitrogens with one attached hydrogen (secondary N) is 1. The van der Waals surface area contributed by atoms with Crippen LogP contribution in [0.4, 0.5) is 0 Å². The number of para-hydroxylation sites is 1. The lowest BCUT2D eigenvalue weighted by molar-refractivity contribution is -0.128. The summed E-state index contributed by atoms with van der Waals surface area (Å²) in [5, 5.41) is 2.93. The molecular weight excluding hydrogens is 318 g/mol. The molecule has 2 rings (SSSR count). The summed E-state index contributed by atoms with van der Waals surface area (Å²) in [6.07, 6.45) is 0.0677. The average Bonchev–Trinajstić information content (AvgIpc) is 2.65. The molecule has 134 valence electrons. The van der Waals surface area contributed by atoms with E-state index in [9.17, 15) is 4.79 Å². The molecule has 0 radical (unpaired) electrons. The van der Waals surface area contributed by atoms with Crippen molar-refractivity contribution in [1.29, 1.82) is 0 Å². The summed E-state index contributed by atoms with van der Waals surface area (Å²) in [6, 6.07) is 16.5. The highest BCUT2D eigenvalue weighted by molar-refractivity contribution is 5.81. The van der Waals surface area contributed by atoms with Crippen molar-refractivity contribution in [1.82, 2.24) is 5.32 Å². The minimum Gasteiger partial charge on any atom is -0.497 e. The van der Waals surface area contributed by atoms with Gasteiger partial charge in [-0.15, -0.1) is 0 Å². The smallest absolute Gasteiger partial charge is 0.261 e. The van der Waals surface area contributed by atoms with Crippen LogP contribution in [-0.2, 0) is 4.79 Å². The van der Waals surface area contributed by atoms with Gasteiger partial charge in [0, 0.05) is 0 Å². The first-order chi connectivity index (χ1) is 12.1. The molecule has 5 nitrogen and oxygen atoms in total. The van der Waals surface area contributed by atoms with Gasteiger partial charge in [-0.3, -0.25) is 4.79 Å². The third-order valence-corrected chi connectivity index (χ3v) is 3.63. The highest BCUT2D eigenvalue weighted by Crippen LogP contribution is 2.17. The van der Waals surface area contributed by atoms with E-state index in [1.165, 1.54) is 0 Å². The van der Waals surface area contributed by atoms with Crippen molar-refractivity contribution >= 4 is 5.91 Å². The maximum atomic E-state index is 12.4. The van der Waals surface area contributed by atoms with Crippen LogP contribution in [0.25, 0.3) is 0 Å². The molecule has 0 aliphatic rings. The maximum absolute atomic E-state index is 12.4. The lowest BCUT2D eigenvalue weighted by Crippen LogP contribution is -2.44. The van der Waals surface area contributed by atoms with Gasteiger partial charge in [-0.1, -0.05) is 25.1 Å². The summed E-state index contributed by atoms with van der Waals surface area (Å²) >= 11 is 0. The molecule has 2 aromatic rings. The third kappa shape index (κ3) is 6.03. The third-order valence-electron chi connectivity index (χ3n) is 3.63. The lowest BCUT2D eigenvalue weighted by Gasteiger charge is -2.20.